The van der Waals surface area contributed by atoms with Crippen LogP contribution in [0.5, 0.6) is 0 Å². The lowest BCUT2D eigenvalue weighted by Crippen LogP contribution is -2.57. The molecule has 12 N–H and O–H groups in total. The molecule has 16 nitrogen and oxygen atoms in total. The van der Waals surface area contributed by atoms with Crippen LogP contribution >= 0.6 is 0 Å². The average molecular weight is 576 g/mol. The van der Waals surface area contributed by atoms with Crippen molar-refractivity contribution in [2.24, 2.45) is 17.2 Å². The predicted molar refractivity (Wildman–Crippen MR) is 143 cm³/mol. The van der Waals surface area contributed by atoms with Gasteiger partial charge in [0.2, 0.25) is 29.5 Å². The molecule has 222 valence electrons. The second-order valence-corrected chi connectivity index (χ2v) is 9.30. The van der Waals surface area contributed by atoms with Gasteiger partial charge in [-0.3, -0.25) is 28.8 Å². The van der Waals surface area contributed by atoms with Gasteiger partial charge in [0.05, 0.1) is 12.5 Å². The van der Waals surface area contributed by atoms with E-state index in [2.05, 4.69) is 20.9 Å². The number of hydrogen-bond donors (Lipinski definition) is 9. The van der Waals surface area contributed by atoms with Gasteiger partial charge in [-0.05, 0) is 24.5 Å². The number of fused-ring (bicyclic) bond motifs is 1. The van der Waals surface area contributed by atoms with Crippen LogP contribution in [0.15, 0.2) is 30.5 Å². The molecule has 1 aromatic heterocycles. The highest BCUT2D eigenvalue weighted by Gasteiger charge is 2.32. The monoisotopic (exact) mass is 575 g/mol. The number of aromatic nitrogens is 1. The van der Waals surface area contributed by atoms with E-state index in [-0.39, 0.29) is 32.1 Å². The third kappa shape index (κ3) is 10.2. The van der Waals surface area contributed by atoms with Crippen LogP contribution in [-0.4, -0.2) is 80.8 Å². The molecular formula is C25H33N7O9. The fourth-order valence-corrected chi connectivity index (χ4v) is 3.91. The van der Waals surface area contributed by atoms with Gasteiger partial charge in [0.15, 0.2) is 0 Å². The summed E-state index contributed by atoms with van der Waals surface area (Å²) < 4.78 is 0. The summed E-state index contributed by atoms with van der Waals surface area (Å²) in [7, 11) is 0. The van der Waals surface area contributed by atoms with Gasteiger partial charge < -0.3 is 48.3 Å². The molecule has 16 heteroatoms. The van der Waals surface area contributed by atoms with Gasteiger partial charge in [0, 0.05) is 36.4 Å². The Morgan fingerprint density at radius 2 is 1.34 bits per heavy atom. The number of H-pyrrole nitrogens is 1. The topological polar surface area (TPSA) is 290 Å². The Hall–Kier alpha value is -4.99. The van der Waals surface area contributed by atoms with E-state index in [0.29, 0.717) is 5.56 Å². The maximum absolute atomic E-state index is 13.1. The molecule has 0 aliphatic heterocycles. The number of carbonyl (C=O) groups excluding carboxylic acids is 5. The molecule has 41 heavy (non-hydrogen) atoms. The van der Waals surface area contributed by atoms with Gasteiger partial charge in [-0.25, -0.2) is 4.79 Å². The van der Waals surface area contributed by atoms with Crippen molar-refractivity contribution < 1.29 is 43.8 Å². The highest BCUT2D eigenvalue weighted by atomic mass is 16.4. The summed E-state index contributed by atoms with van der Waals surface area (Å²) in [6.07, 6.45) is -0.551. The van der Waals surface area contributed by atoms with Crippen molar-refractivity contribution in [2.75, 3.05) is 0 Å². The molecule has 5 amide bonds. The molecule has 0 radical (unpaired) electrons. The SMILES string of the molecule is NC(=O)CCC(N)C(=O)NC(CC(=O)O)C(=O)NC(CCC(N)=O)C(=O)NC(Cc1c[nH]c2ccccc12)C(=O)O. The smallest absolute Gasteiger partial charge is 0.326 e. The standard InChI is InChI=1S/C25H33N7O9/c26-14(5-7-19(27)33)22(37)31-17(10-21(35)36)24(39)30-16(6-8-20(28)34)23(38)32-18(25(40)41)9-12-11-29-15-4-2-1-3-13(12)15/h1-4,11,14,16-18,29H,5-10,26H2,(H2,27,33)(H2,28,34)(H,30,39)(H,31,37)(H,32,38)(H,35,36)(H,40,41). The Bertz CT molecular complexity index is 1310. The summed E-state index contributed by atoms with van der Waals surface area (Å²) in [5, 5.41) is 26.5. The van der Waals surface area contributed by atoms with Crippen molar-refractivity contribution in [1.82, 2.24) is 20.9 Å². The summed E-state index contributed by atoms with van der Waals surface area (Å²) in [4.78, 5) is 87.1. The predicted octanol–water partition coefficient (Wildman–Crippen LogP) is -2.42. The summed E-state index contributed by atoms with van der Waals surface area (Å²) in [6.45, 7) is 0. The Morgan fingerprint density at radius 1 is 0.780 bits per heavy atom. The first-order valence-electron chi connectivity index (χ1n) is 12.5. The normalized spacial score (nSPS) is 13.8. The van der Waals surface area contributed by atoms with Gasteiger partial charge in [0.25, 0.3) is 0 Å². The minimum atomic E-state index is -1.70. The van der Waals surface area contributed by atoms with Crippen LogP contribution in [-0.2, 0) is 40.0 Å². The zero-order valence-corrected chi connectivity index (χ0v) is 21.9. The maximum atomic E-state index is 13.1. The Labute approximate surface area is 233 Å². The van der Waals surface area contributed by atoms with Crippen LogP contribution < -0.4 is 33.2 Å². The largest absolute Gasteiger partial charge is 0.481 e. The first-order chi connectivity index (χ1) is 19.3. The van der Waals surface area contributed by atoms with Gasteiger partial charge in [0.1, 0.15) is 18.1 Å². The highest BCUT2D eigenvalue weighted by Crippen LogP contribution is 2.19. The van der Waals surface area contributed by atoms with Crippen molar-refractivity contribution in [1.29, 1.82) is 0 Å². The summed E-state index contributed by atoms with van der Waals surface area (Å²) in [5.74, 6) is -7.43. The van der Waals surface area contributed by atoms with E-state index < -0.39 is 72.1 Å². The van der Waals surface area contributed by atoms with E-state index >= 15 is 0 Å². The zero-order chi connectivity index (χ0) is 30.7. The Balaban J connectivity index is 2.19. The van der Waals surface area contributed by atoms with E-state index in [0.717, 1.165) is 10.9 Å². The first-order valence-corrected chi connectivity index (χ1v) is 12.5. The zero-order valence-electron chi connectivity index (χ0n) is 21.9. The number of carbonyl (C=O) groups is 7. The number of benzene rings is 1. The Kier molecular flexibility index (Phi) is 11.8. The van der Waals surface area contributed by atoms with Crippen LogP contribution in [0.1, 0.15) is 37.7 Å². The number of rotatable bonds is 17. The molecule has 4 atom stereocenters. The quantitative estimate of drug-likeness (QED) is 0.0961. The van der Waals surface area contributed by atoms with Crippen LogP contribution in [0.3, 0.4) is 0 Å². The van der Waals surface area contributed by atoms with Crippen molar-refractivity contribution in [3.8, 4) is 0 Å². The molecular weight excluding hydrogens is 542 g/mol. The lowest BCUT2D eigenvalue weighted by atomic mass is 10.0. The molecule has 0 saturated heterocycles. The van der Waals surface area contributed by atoms with E-state index in [9.17, 15) is 43.8 Å². The summed E-state index contributed by atoms with van der Waals surface area (Å²) in [5.41, 5.74) is 17.2. The van der Waals surface area contributed by atoms with Gasteiger partial charge in [-0.15, -0.1) is 0 Å². The molecule has 0 spiro atoms. The van der Waals surface area contributed by atoms with Crippen molar-refractivity contribution in [2.45, 2.75) is 62.7 Å². The molecule has 0 saturated carbocycles. The minimum Gasteiger partial charge on any atom is -0.481 e. The molecule has 0 aliphatic rings. The highest BCUT2D eigenvalue weighted by molar-refractivity contribution is 5.96. The lowest BCUT2D eigenvalue weighted by molar-refractivity contribution is -0.143. The molecule has 1 heterocycles. The first kappa shape index (κ1) is 32.2. The van der Waals surface area contributed by atoms with E-state index in [1.54, 1.807) is 30.5 Å². The molecule has 0 fully saturated rings. The Morgan fingerprint density at radius 3 is 1.95 bits per heavy atom. The number of aromatic amines is 1. The van der Waals surface area contributed by atoms with E-state index in [1.807, 2.05) is 0 Å². The van der Waals surface area contributed by atoms with E-state index in [4.69, 9.17) is 17.2 Å². The van der Waals surface area contributed by atoms with Gasteiger partial charge in [-0.2, -0.15) is 0 Å². The van der Waals surface area contributed by atoms with Gasteiger partial charge >= 0.3 is 11.9 Å². The fourth-order valence-electron chi connectivity index (χ4n) is 3.91. The van der Waals surface area contributed by atoms with Crippen LogP contribution in [0.2, 0.25) is 0 Å². The number of amides is 5. The number of hydrogen-bond acceptors (Lipinski definition) is 8. The average Bonchev–Trinajstić information content (AvgIpc) is 3.30. The third-order valence-electron chi connectivity index (χ3n) is 6.08. The minimum absolute atomic E-state index is 0.123. The lowest BCUT2D eigenvalue weighted by Gasteiger charge is -2.24. The molecule has 2 aromatic rings. The number of nitrogens with one attached hydrogen (secondary N) is 4. The second kappa shape index (κ2) is 15.0. The number of para-hydroxylation sites is 1. The van der Waals surface area contributed by atoms with E-state index in [1.165, 1.54) is 0 Å². The number of carboxylic acid groups (broad SMARTS) is 2. The van der Waals surface area contributed by atoms with Crippen LogP contribution in [0, 0.1) is 0 Å². The fraction of sp³-hybridized carbons (Fsp3) is 0.400. The van der Waals surface area contributed by atoms with Crippen LogP contribution in [0.4, 0.5) is 0 Å². The second-order valence-electron chi connectivity index (χ2n) is 9.30. The molecule has 4 unspecified atom stereocenters. The van der Waals surface area contributed by atoms with Crippen molar-refractivity contribution in [3.63, 3.8) is 0 Å². The molecule has 0 bridgehead atoms. The molecule has 1 aromatic carbocycles. The van der Waals surface area contributed by atoms with Crippen LogP contribution in [0.25, 0.3) is 10.9 Å². The summed E-state index contributed by atoms with van der Waals surface area (Å²) in [6, 6.07) is 1.17. The van der Waals surface area contributed by atoms with Gasteiger partial charge in [-0.1, -0.05) is 18.2 Å². The number of nitrogens with two attached hydrogens (primary N) is 3. The molecule has 0 aliphatic carbocycles. The number of carboxylic acids is 2. The van der Waals surface area contributed by atoms with Crippen molar-refractivity contribution in [3.05, 3.63) is 36.0 Å². The number of primary amides is 2. The summed E-state index contributed by atoms with van der Waals surface area (Å²) >= 11 is 0. The molecule has 2 rings (SSSR count). The van der Waals surface area contributed by atoms with Crippen molar-refractivity contribution >= 4 is 52.4 Å². The third-order valence-corrected chi connectivity index (χ3v) is 6.08. The maximum Gasteiger partial charge on any atom is 0.326 e. The number of aliphatic carboxylic acids is 2.